The van der Waals surface area contributed by atoms with Crippen molar-refractivity contribution in [3.8, 4) is 5.75 Å². The Balaban J connectivity index is 1.83. The molecule has 1 aromatic carbocycles. The Morgan fingerprint density at radius 2 is 2.00 bits per heavy atom. The summed E-state index contributed by atoms with van der Waals surface area (Å²) in [6.07, 6.45) is 2.37. The van der Waals surface area contributed by atoms with Gasteiger partial charge in [-0.25, -0.2) is 4.79 Å². The summed E-state index contributed by atoms with van der Waals surface area (Å²) in [5.41, 5.74) is 0.0951. The third kappa shape index (κ3) is 3.43. The second-order valence-corrected chi connectivity index (χ2v) is 4.75. The second kappa shape index (κ2) is 5.26. The molecule has 0 heterocycles. The molecule has 0 amide bonds. The third-order valence-corrected chi connectivity index (χ3v) is 3.45. The summed E-state index contributed by atoms with van der Waals surface area (Å²) in [4.78, 5) is 21.4. The molecule has 19 heavy (non-hydrogen) atoms. The minimum absolute atomic E-state index is 0.0522. The molecule has 102 valence electrons. The van der Waals surface area contributed by atoms with Crippen molar-refractivity contribution in [2.45, 2.75) is 26.2 Å². The normalized spacial score (nSPS) is 15.6. The van der Waals surface area contributed by atoms with E-state index in [0.29, 0.717) is 6.61 Å². The van der Waals surface area contributed by atoms with Crippen molar-refractivity contribution in [3.63, 3.8) is 0 Å². The van der Waals surface area contributed by atoms with Gasteiger partial charge in [0.15, 0.2) is 0 Å². The molecule has 1 aromatic rings. The van der Waals surface area contributed by atoms with E-state index in [4.69, 9.17) is 9.47 Å². The zero-order chi connectivity index (χ0) is 13.9. The first-order chi connectivity index (χ1) is 9.04. The number of nitro groups is 1. The molecule has 1 aliphatic carbocycles. The number of hydrogen-bond acceptors (Lipinski definition) is 5. The van der Waals surface area contributed by atoms with Crippen LogP contribution in [0.25, 0.3) is 0 Å². The van der Waals surface area contributed by atoms with Crippen molar-refractivity contribution in [2.24, 2.45) is 5.41 Å². The zero-order valence-electron chi connectivity index (χ0n) is 10.6. The number of rotatable bonds is 5. The Hall–Kier alpha value is -2.11. The van der Waals surface area contributed by atoms with E-state index in [1.165, 1.54) is 24.3 Å². The fourth-order valence-electron chi connectivity index (χ4n) is 1.75. The van der Waals surface area contributed by atoms with E-state index in [1.54, 1.807) is 0 Å². The van der Waals surface area contributed by atoms with Crippen LogP contribution in [0.2, 0.25) is 0 Å². The largest absolute Gasteiger partial charge is 0.513 e. The first kappa shape index (κ1) is 13.3. The van der Waals surface area contributed by atoms with Crippen LogP contribution >= 0.6 is 0 Å². The number of hydrogen-bond donors (Lipinski definition) is 0. The topological polar surface area (TPSA) is 78.7 Å². The van der Waals surface area contributed by atoms with Crippen molar-refractivity contribution in [1.29, 1.82) is 0 Å². The van der Waals surface area contributed by atoms with Crippen LogP contribution in [0.1, 0.15) is 26.2 Å². The number of non-ortho nitro benzene ring substituents is 1. The van der Waals surface area contributed by atoms with Gasteiger partial charge in [0.25, 0.3) is 5.69 Å². The minimum Gasteiger partial charge on any atom is -0.433 e. The van der Waals surface area contributed by atoms with Crippen LogP contribution in [0, 0.1) is 15.5 Å². The molecule has 0 atom stereocenters. The van der Waals surface area contributed by atoms with E-state index < -0.39 is 11.1 Å². The van der Waals surface area contributed by atoms with E-state index in [1.807, 2.05) is 0 Å². The highest BCUT2D eigenvalue weighted by molar-refractivity contribution is 5.64. The molecular formula is C13H15NO5. The van der Waals surface area contributed by atoms with Crippen molar-refractivity contribution in [3.05, 3.63) is 34.4 Å². The number of benzene rings is 1. The first-order valence-electron chi connectivity index (χ1n) is 6.14. The van der Waals surface area contributed by atoms with Gasteiger partial charge in [0.2, 0.25) is 0 Å². The maximum Gasteiger partial charge on any atom is 0.513 e. The monoisotopic (exact) mass is 265 g/mol. The number of carbonyl (C=O) groups excluding carboxylic acids is 1. The maximum atomic E-state index is 11.4. The van der Waals surface area contributed by atoms with Gasteiger partial charge in [0.1, 0.15) is 12.4 Å². The molecule has 0 aromatic heterocycles. The fraction of sp³-hybridized carbons (Fsp3) is 0.462. The van der Waals surface area contributed by atoms with Gasteiger partial charge in [-0.05, 0) is 31.4 Å². The summed E-state index contributed by atoms with van der Waals surface area (Å²) >= 11 is 0. The van der Waals surface area contributed by atoms with Crippen LogP contribution in [0.3, 0.4) is 0 Å². The zero-order valence-corrected chi connectivity index (χ0v) is 10.6. The molecule has 2 rings (SSSR count). The third-order valence-electron chi connectivity index (χ3n) is 3.45. The van der Waals surface area contributed by atoms with Gasteiger partial charge in [-0.3, -0.25) is 10.1 Å². The quantitative estimate of drug-likeness (QED) is 0.353. The lowest BCUT2D eigenvalue weighted by molar-refractivity contribution is -0.384. The van der Waals surface area contributed by atoms with Gasteiger partial charge in [0, 0.05) is 17.5 Å². The van der Waals surface area contributed by atoms with Crippen molar-refractivity contribution in [1.82, 2.24) is 0 Å². The fourth-order valence-corrected chi connectivity index (χ4v) is 1.75. The van der Waals surface area contributed by atoms with Crippen LogP contribution in [0.5, 0.6) is 5.75 Å². The van der Waals surface area contributed by atoms with Gasteiger partial charge < -0.3 is 9.47 Å². The van der Waals surface area contributed by atoms with Crippen molar-refractivity contribution in [2.75, 3.05) is 6.61 Å². The highest BCUT2D eigenvalue weighted by Gasteiger charge is 2.42. The molecular weight excluding hydrogens is 250 g/mol. The van der Waals surface area contributed by atoms with E-state index in [2.05, 4.69) is 6.92 Å². The molecule has 0 unspecified atom stereocenters. The summed E-state index contributed by atoms with van der Waals surface area (Å²) < 4.78 is 9.98. The maximum absolute atomic E-state index is 11.4. The molecule has 0 aliphatic heterocycles. The summed E-state index contributed by atoms with van der Waals surface area (Å²) in [5.74, 6) is 0.233. The molecule has 0 bridgehead atoms. The average Bonchev–Trinajstić information content (AvgIpc) is 3.18. The Kier molecular flexibility index (Phi) is 3.69. The Labute approximate surface area is 110 Å². The molecule has 6 nitrogen and oxygen atoms in total. The lowest BCUT2D eigenvalue weighted by Crippen LogP contribution is -2.17. The number of carbonyl (C=O) groups is 1. The molecule has 0 spiro atoms. The molecule has 0 N–H and O–H groups in total. The smallest absolute Gasteiger partial charge is 0.433 e. The molecule has 1 fully saturated rings. The summed E-state index contributed by atoms with van der Waals surface area (Å²) in [6.45, 7) is 2.44. The van der Waals surface area contributed by atoms with Crippen molar-refractivity contribution < 1.29 is 19.2 Å². The predicted molar refractivity (Wildman–Crippen MR) is 67.0 cm³/mol. The molecule has 0 radical (unpaired) electrons. The van der Waals surface area contributed by atoms with Crippen molar-refractivity contribution >= 4 is 11.8 Å². The average molecular weight is 265 g/mol. The van der Waals surface area contributed by atoms with Gasteiger partial charge in [-0.2, -0.15) is 0 Å². The Morgan fingerprint density at radius 1 is 1.37 bits per heavy atom. The van der Waals surface area contributed by atoms with Crippen LogP contribution in [0.15, 0.2) is 24.3 Å². The SMILES string of the molecule is CCC1(COC(=O)Oc2ccc([N+](=O)[O-])cc2)CC1. The van der Waals surface area contributed by atoms with Crippen LogP contribution in [-0.4, -0.2) is 17.7 Å². The number of nitro benzene ring substituents is 1. The molecule has 0 saturated heterocycles. The molecule has 1 saturated carbocycles. The van der Waals surface area contributed by atoms with E-state index in [0.717, 1.165) is 19.3 Å². The number of ether oxygens (including phenoxy) is 2. The van der Waals surface area contributed by atoms with E-state index in [9.17, 15) is 14.9 Å². The Bertz CT molecular complexity index is 478. The summed E-state index contributed by atoms with van der Waals surface area (Å²) in [6, 6.07) is 5.28. The van der Waals surface area contributed by atoms with E-state index in [-0.39, 0.29) is 16.9 Å². The Morgan fingerprint density at radius 3 is 2.47 bits per heavy atom. The summed E-state index contributed by atoms with van der Waals surface area (Å²) in [7, 11) is 0. The van der Waals surface area contributed by atoms with Crippen LogP contribution < -0.4 is 4.74 Å². The molecule has 6 heteroatoms. The predicted octanol–water partition coefficient (Wildman–Crippen LogP) is 3.30. The highest BCUT2D eigenvalue weighted by Crippen LogP contribution is 2.48. The highest BCUT2D eigenvalue weighted by atomic mass is 16.7. The first-order valence-corrected chi connectivity index (χ1v) is 6.14. The summed E-state index contributed by atoms with van der Waals surface area (Å²) in [5, 5.41) is 10.5. The van der Waals surface area contributed by atoms with Gasteiger partial charge in [-0.1, -0.05) is 6.92 Å². The lowest BCUT2D eigenvalue weighted by Gasteiger charge is -2.12. The minimum atomic E-state index is -0.770. The van der Waals surface area contributed by atoms with Gasteiger partial charge >= 0.3 is 6.16 Å². The van der Waals surface area contributed by atoms with Crippen LogP contribution in [-0.2, 0) is 4.74 Å². The lowest BCUT2D eigenvalue weighted by atomic mass is 10.1. The number of nitrogens with zero attached hydrogens (tertiary/aromatic N) is 1. The van der Waals surface area contributed by atoms with Crippen LogP contribution in [0.4, 0.5) is 10.5 Å². The second-order valence-electron chi connectivity index (χ2n) is 4.75. The van der Waals surface area contributed by atoms with E-state index >= 15 is 0 Å². The van der Waals surface area contributed by atoms with Gasteiger partial charge in [-0.15, -0.1) is 0 Å². The molecule has 1 aliphatic rings. The van der Waals surface area contributed by atoms with Gasteiger partial charge in [0.05, 0.1) is 4.92 Å². The standard InChI is InChI=1S/C13H15NO5/c1-2-13(7-8-13)9-18-12(15)19-11-5-3-10(4-6-11)14(16)17/h3-6H,2,7-9H2,1H3.